The second-order valence-corrected chi connectivity index (χ2v) is 8.38. The largest absolute Gasteiger partial charge is 0.371 e. The number of H-pyrrole nitrogens is 1. The molecule has 33 heavy (non-hydrogen) atoms. The van der Waals surface area contributed by atoms with Crippen molar-refractivity contribution in [2.24, 2.45) is 11.0 Å². The van der Waals surface area contributed by atoms with Crippen molar-refractivity contribution < 1.29 is 5.11 Å². The molecule has 0 spiro atoms. The number of aliphatic hydroxyl groups is 1. The van der Waals surface area contributed by atoms with Crippen LogP contribution in [0.25, 0.3) is 5.69 Å². The molecule has 1 aromatic heterocycles. The lowest BCUT2D eigenvalue weighted by molar-refractivity contribution is 0.137. The monoisotopic (exact) mass is 438 g/mol. The van der Waals surface area contributed by atoms with E-state index in [0.717, 1.165) is 28.3 Å². The number of nitrogens with zero attached hydrogens (tertiary/aromatic N) is 3. The maximum absolute atomic E-state index is 13.7. The summed E-state index contributed by atoms with van der Waals surface area (Å²) < 4.78 is 1.57. The Morgan fingerprint density at radius 1 is 0.848 bits per heavy atom. The van der Waals surface area contributed by atoms with Gasteiger partial charge in [-0.25, -0.2) is 9.69 Å². The van der Waals surface area contributed by atoms with Crippen LogP contribution in [0.5, 0.6) is 0 Å². The number of rotatable bonds is 5. The predicted molar refractivity (Wildman–Crippen MR) is 131 cm³/mol. The standard InChI is InChI=1S/C27H26N4O2/c1-18-23(26(32)30(28-18)21-14-8-4-9-15-21)25(20-12-6-3-7-13-20)24-19(2)29-31(27(24)33)22-16-10-5-11-17-22/h3-17,23,25-26,29,32H,1-2H3. The quantitative estimate of drug-likeness (QED) is 0.484. The summed E-state index contributed by atoms with van der Waals surface area (Å²) in [6.45, 7) is 3.83. The van der Waals surface area contributed by atoms with Crippen LogP contribution in [-0.4, -0.2) is 26.8 Å². The molecule has 6 nitrogen and oxygen atoms in total. The highest BCUT2D eigenvalue weighted by atomic mass is 16.3. The van der Waals surface area contributed by atoms with Crippen molar-refractivity contribution in [2.45, 2.75) is 26.0 Å². The average Bonchev–Trinajstić information content (AvgIpc) is 3.31. The van der Waals surface area contributed by atoms with Gasteiger partial charge in [-0.1, -0.05) is 66.7 Å². The minimum Gasteiger partial charge on any atom is -0.371 e. The number of anilines is 1. The Bertz CT molecular complexity index is 1330. The summed E-state index contributed by atoms with van der Waals surface area (Å²) in [6.07, 6.45) is -0.906. The fraction of sp³-hybridized carbons (Fsp3) is 0.185. The van der Waals surface area contributed by atoms with Crippen LogP contribution in [0.15, 0.2) is 101 Å². The van der Waals surface area contributed by atoms with Crippen LogP contribution < -0.4 is 10.6 Å². The zero-order chi connectivity index (χ0) is 22.9. The van der Waals surface area contributed by atoms with Crippen LogP contribution in [0.2, 0.25) is 0 Å². The lowest BCUT2D eigenvalue weighted by Crippen LogP contribution is -2.38. The van der Waals surface area contributed by atoms with E-state index < -0.39 is 6.23 Å². The van der Waals surface area contributed by atoms with Gasteiger partial charge in [0.2, 0.25) is 0 Å². The average molecular weight is 439 g/mol. The van der Waals surface area contributed by atoms with E-state index >= 15 is 0 Å². The molecular weight excluding hydrogens is 412 g/mol. The molecule has 166 valence electrons. The molecule has 3 aromatic carbocycles. The number of aromatic nitrogens is 2. The van der Waals surface area contributed by atoms with Crippen molar-refractivity contribution in [2.75, 3.05) is 5.01 Å². The summed E-state index contributed by atoms with van der Waals surface area (Å²) in [7, 11) is 0. The third-order valence-electron chi connectivity index (χ3n) is 6.30. The topological polar surface area (TPSA) is 73.6 Å². The second-order valence-electron chi connectivity index (χ2n) is 8.38. The van der Waals surface area contributed by atoms with Gasteiger partial charge in [0, 0.05) is 22.9 Å². The summed E-state index contributed by atoms with van der Waals surface area (Å²) in [5.74, 6) is -0.758. The van der Waals surface area contributed by atoms with Gasteiger partial charge >= 0.3 is 0 Å². The van der Waals surface area contributed by atoms with Gasteiger partial charge in [0.15, 0.2) is 6.23 Å². The SMILES string of the molecule is CC1=NN(c2ccccc2)C(O)C1C(c1ccccc1)c1c(C)[nH]n(-c2ccccc2)c1=O. The first-order chi connectivity index (χ1) is 16.1. The van der Waals surface area contributed by atoms with Gasteiger partial charge < -0.3 is 5.11 Å². The van der Waals surface area contributed by atoms with E-state index in [1.807, 2.05) is 105 Å². The zero-order valence-corrected chi connectivity index (χ0v) is 18.6. The number of aryl methyl sites for hydroxylation is 1. The molecule has 0 amide bonds. The predicted octanol–water partition coefficient (Wildman–Crippen LogP) is 4.44. The number of aliphatic hydroxyl groups excluding tert-OH is 1. The lowest BCUT2D eigenvalue weighted by atomic mass is 9.78. The summed E-state index contributed by atoms with van der Waals surface area (Å²) in [5, 5.41) is 21.1. The Balaban J connectivity index is 1.65. The molecule has 2 heterocycles. The fourth-order valence-corrected chi connectivity index (χ4v) is 4.77. The first kappa shape index (κ1) is 21.0. The molecule has 6 heteroatoms. The van der Waals surface area contributed by atoms with Gasteiger partial charge in [-0.3, -0.25) is 9.89 Å². The van der Waals surface area contributed by atoms with E-state index in [9.17, 15) is 9.90 Å². The van der Waals surface area contributed by atoms with Crippen molar-refractivity contribution in [3.05, 3.63) is 118 Å². The van der Waals surface area contributed by atoms with Gasteiger partial charge in [-0.15, -0.1) is 0 Å². The van der Waals surface area contributed by atoms with Crippen molar-refractivity contribution in [3.63, 3.8) is 0 Å². The van der Waals surface area contributed by atoms with Gasteiger partial charge in [0.25, 0.3) is 5.56 Å². The molecule has 3 unspecified atom stereocenters. The molecule has 4 aromatic rings. The minimum atomic E-state index is -0.906. The van der Waals surface area contributed by atoms with E-state index in [2.05, 4.69) is 5.10 Å². The van der Waals surface area contributed by atoms with Crippen LogP contribution in [0.3, 0.4) is 0 Å². The summed E-state index contributed by atoms with van der Waals surface area (Å²) >= 11 is 0. The molecule has 5 rings (SSSR count). The van der Waals surface area contributed by atoms with Gasteiger partial charge in [-0.2, -0.15) is 5.10 Å². The number of nitrogens with one attached hydrogen (secondary N) is 1. The first-order valence-electron chi connectivity index (χ1n) is 11.1. The molecule has 2 N–H and O–H groups in total. The molecule has 0 fully saturated rings. The molecule has 0 saturated carbocycles. The second kappa shape index (κ2) is 8.56. The highest BCUT2D eigenvalue weighted by Gasteiger charge is 2.43. The maximum atomic E-state index is 13.7. The highest BCUT2D eigenvalue weighted by molar-refractivity contribution is 5.90. The van der Waals surface area contributed by atoms with Gasteiger partial charge in [0.1, 0.15) is 0 Å². The van der Waals surface area contributed by atoms with E-state index in [1.165, 1.54) is 0 Å². The van der Waals surface area contributed by atoms with Crippen LogP contribution in [0.1, 0.15) is 29.7 Å². The Labute approximate surface area is 192 Å². The number of para-hydroxylation sites is 2. The summed E-state index contributed by atoms with van der Waals surface area (Å²) in [6, 6.07) is 29.0. The highest BCUT2D eigenvalue weighted by Crippen LogP contribution is 2.40. The third kappa shape index (κ3) is 3.68. The summed E-state index contributed by atoms with van der Waals surface area (Å²) in [4.78, 5) is 13.7. The molecule has 3 atom stereocenters. The first-order valence-corrected chi connectivity index (χ1v) is 11.1. The minimum absolute atomic E-state index is 0.120. The fourth-order valence-electron chi connectivity index (χ4n) is 4.77. The van der Waals surface area contributed by atoms with Crippen LogP contribution in [0.4, 0.5) is 5.69 Å². The maximum Gasteiger partial charge on any atom is 0.275 e. The molecular formula is C27H26N4O2. The Hall–Kier alpha value is -3.90. The van der Waals surface area contributed by atoms with Crippen molar-refractivity contribution >= 4 is 11.4 Å². The number of hydrazone groups is 1. The van der Waals surface area contributed by atoms with E-state index in [4.69, 9.17) is 5.10 Å². The van der Waals surface area contributed by atoms with Crippen LogP contribution >= 0.6 is 0 Å². The van der Waals surface area contributed by atoms with E-state index in [1.54, 1.807) is 9.69 Å². The normalized spacial score (nSPS) is 18.9. The van der Waals surface area contributed by atoms with Crippen molar-refractivity contribution in [3.8, 4) is 5.69 Å². The smallest absolute Gasteiger partial charge is 0.275 e. The van der Waals surface area contributed by atoms with Gasteiger partial charge in [0.05, 0.1) is 17.3 Å². The molecule has 0 radical (unpaired) electrons. The Kier molecular flexibility index (Phi) is 5.44. The summed E-state index contributed by atoms with van der Waals surface area (Å²) in [5.41, 5.74) is 4.62. The zero-order valence-electron chi connectivity index (χ0n) is 18.6. The molecule has 1 aliphatic heterocycles. The van der Waals surface area contributed by atoms with Crippen LogP contribution in [-0.2, 0) is 0 Å². The van der Waals surface area contributed by atoms with Crippen molar-refractivity contribution in [1.82, 2.24) is 9.78 Å². The number of aromatic amines is 1. The number of hydrogen-bond acceptors (Lipinski definition) is 4. The molecule has 0 saturated heterocycles. The van der Waals surface area contributed by atoms with Crippen LogP contribution in [0, 0.1) is 12.8 Å². The molecule has 0 bridgehead atoms. The lowest BCUT2D eigenvalue weighted by Gasteiger charge is -2.29. The van der Waals surface area contributed by atoms with E-state index in [-0.39, 0.29) is 17.4 Å². The molecule has 1 aliphatic rings. The molecule has 0 aliphatic carbocycles. The Morgan fingerprint density at radius 2 is 1.39 bits per heavy atom. The number of benzene rings is 3. The van der Waals surface area contributed by atoms with Crippen molar-refractivity contribution in [1.29, 1.82) is 0 Å². The van der Waals surface area contributed by atoms with Gasteiger partial charge in [-0.05, 0) is 43.7 Å². The third-order valence-corrected chi connectivity index (χ3v) is 6.30. The van der Waals surface area contributed by atoms with E-state index in [0.29, 0.717) is 5.56 Å². The number of hydrogen-bond donors (Lipinski definition) is 2. The Morgan fingerprint density at radius 3 is 2.00 bits per heavy atom.